The minimum absolute atomic E-state index is 0.0993. The highest BCUT2D eigenvalue weighted by Crippen LogP contribution is 2.14. The summed E-state index contributed by atoms with van der Waals surface area (Å²) >= 11 is 0. The Morgan fingerprint density at radius 1 is 0.870 bits per heavy atom. The molecular weight excluding hydrogens is 290 g/mol. The van der Waals surface area contributed by atoms with E-state index >= 15 is 0 Å². The Kier molecular flexibility index (Phi) is 5.01. The predicted molar refractivity (Wildman–Crippen MR) is 91.5 cm³/mol. The van der Waals surface area contributed by atoms with Gasteiger partial charge in [0.15, 0.2) is 0 Å². The van der Waals surface area contributed by atoms with Crippen molar-refractivity contribution in [3.63, 3.8) is 0 Å². The number of amides is 2. The van der Waals surface area contributed by atoms with Gasteiger partial charge in [-0.1, -0.05) is 12.1 Å². The maximum absolute atomic E-state index is 12.4. The van der Waals surface area contributed by atoms with Crippen molar-refractivity contribution in [2.45, 2.75) is 6.54 Å². The van der Waals surface area contributed by atoms with Crippen LogP contribution in [0.5, 0.6) is 0 Å². The molecule has 2 N–H and O–H groups in total. The highest BCUT2D eigenvalue weighted by Gasteiger charge is 2.12. The molecule has 0 aliphatic carbocycles. The van der Waals surface area contributed by atoms with Crippen LogP contribution in [0.4, 0.5) is 5.69 Å². The van der Waals surface area contributed by atoms with Gasteiger partial charge in [-0.2, -0.15) is 0 Å². The number of carbonyl (C=O) groups excluding carboxylic acids is 2. The largest absolute Gasteiger partial charge is 0.378 e. The molecule has 0 aliphatic rings. The van der Waals surface area contributed by atoms with Crippen LogP contribution >= 0.6 is 0 Å². The molecule has 0 fully saturated rings. The van der Waals surface area contributed by atoms with Crippen LogP contribution in [0.3, 0.4) is 0 Å². The molecule has 0 spiro atoms. The highest BCUT2D eigenvalue weighted by molar-refractivity contribution is 5.97. The zero-order valence-corrected chi connectivity index (χ0v) is 13.6. The van der Waals surface area contributed by atoms with Crippen molar-refractivity contribution in [2.75, 3.05) is 26.0 Å². The summed E-state index contributed by atoms with van der Waals surface area (Å²) < 4.78 is 0. The average Bonchev–Trinajstić information content (AvgIpc) is 2.54. The minimum atomic E-state index is -0.502. The van der Waals surface area contributed by atoms with Crippen LogP contribution in [-0.4, -0.2) is 37.9 Å². The molecule has 0 radical (unpaired) electrons. The summed E-state index contributed by atoms with van der Waals surface area (Å²) in [5, 5.41) is 0. The molecule has 5 nitrogen and oxygen atoms in total. The van der Waals surface area contributed by atoms with Crippen molar-refractivity contribution in [1.82, 2.24) is 4.90 Å². The van der Waals surface area contributed by atoms with E-state index in [2.05, 4.69) is 0 Å². The summed E-state index contributed by atoms with van der Waals surface area (Å²) in [5.74, 6) is -0.601. The predicted octanol–water partition coefficient (Wildman–Crippen LogP) is 2.12. The quantitative estimate of drug-likeness (QED) is 0.920. The number of nitrogens with two attached hydrogens (primary N) is 1. The van der Waals surface area contributed by atoms with Crippen LogP contribution in [0.25, 0.3) is 0 Å². The Labute approximate surface area is 136 Å². The van der Waals surface area contributed by atoms with E-state index in [9.17, 15) is 9.59 Å². The van der Waals surface area contributed by atoms with Gasteiger partial charge in [-0.3, -0.25) is 9.59 Å². The maximum atomic E-state index is 12.4. The van der Waals surface area contributed by atoms with Gasteiger partial charge >= 0.3 is 0 Å². The van der Waals surface area contributed by atoms with E-state index in [1.54, 1.807) is 36.2 Å². The van der Waals surface area contributed by atoms with Crippen LogP contribution in [0.15, 0.2) is 48.5 Å². The average molecular weight is 311 g/mol. The Balaban J connectivity index is 2.05. The molecule has 0 saturated carbocycles. The maximum Gasteiger partial charge on any atom is 0.253 e. The molecular formula is C18H21N3O2. The second kappa shape index (κ2) is 6.96. The summed E-state index contributed by atoms with van der Waals surface area (Å²) in [5.41, 5.74) is 8.29. The van der Waals surface area contributed by atoms with Crippen molar-refractivity contribution in [2.24, 2.45) is 5.73 Å². The third-order valence-corrected chi connectivity index (χ3v) is 3.64. The third kappa shape index (κ3) is 4.10. The van der Waals surface area contributed by atoms with Crippen molar-refractivity contribution in [3.05, 3.63) is 65.2 Å². The van der Waals surface area contributed by atoms with E-state index in [1.165, 1.54) is 0 Å². The van der Waals surface area contributed by atoms with Crippen molar-refractivity contribution < 1.29 is 9.59 Å². The van der Waals surface area contributed by atoms with Crippen molar-refractivity contribution >= 4 is 17.5 Å². The first-order valence-electron chi connectivity index (χ1n) is 7.30. The number of hydrogen-bond donors (Lipinski definition) is 1. The molecule has 2 aromatic carbocycles. The monoisotopic (exact) mass is 311 g/mol. The topological polar surface area (TPSA) is 66.6 Å². The lowest BCUT2D eigenvalue weighted by Gasteiger charge is -2.18. The number of hydrogen-bond acceptors (Lipinski definition) is 3. The smallest absolute Gasteiger partial charge is 0.253 e. The first-order chi connectivity index (χ1) is 10.9. The van der Waals surface area contributed by atoms with Crippen LogP contribution in [0.1, 0.15) is 26.3 Å². The summed E-state index contributed by atoms with van der Waals surface area (Å²) in [6, 6.07) is 14.4. The summed E-state index contributed by atoms with van der Waals surface area (Å²) in [7, 11) is 5.73. The highest BCUT2D eigenvalue weighted by atomic mass is 16.2. The van der Waals surface area contributed by atoms with Crippen LogP contribution in [-0.2, 0) is 6.54 Å². The lowest BCUT2D eigenvalue weighted by atomic mass is 10.1. The number of rotatable bonds is 5. The van der Waals surface area contributed by atoms with Gasteiger partial charge in [-0.15, -0.1) is 0 Å². The zero-order valence-electron chi connectivity index (χ0n) is 13.6. The molecule has 2 aromatic rings. The molecule has 120 valence electrons. The molecule has 0 saturated heterocycles. The molecule has 0 aromatic heterocycles. The van der Waals surface area contributed by atoms with E-state index in [0.29, 0.717) is 17.7 Å². The number of primary amides is 1. The fraction of sp³-hybridized carbons (Fsp3) is 0.222. The first-order valence-corrected chi connectivity index (χ1v) is 7.30. The lowest BCUT2D eigenvalue weighted by molar-refractivity contribution is 0.0784. The molecule has 5 heteroatoms. The molecule has 0 unspecified atom stereocenters. The van der Waals surface area contributed by atoms with Crippen LogP contribution in [0, 0.1) is 0 Å². The Morgan fingerprint density at radius 3 is 1.87 bits per heavy atom. The van der Waals surface area contributed by atoms with Gasteiger partial charge < -0.3 is 15.5 Å². The molecule has 23 heavy (non-hydrogen) atoms. The van der Waals surface area contributed by atoms with Gasteiger partial charge in [0.2, 0.25) is 5.91 Å². The minimum Gasteiger partial charge on any atom is -0.378 e. The zero-order chi connectivity index (χ0) is 17.0. The first kappa shape index (κ1) is 16.5. The van der Waals surface area contributed by atoms with E-state index in [-0.39, 0.29) is 5.91 Å². The van der Waals surface area contributed by atoms with E-state index in [1.807, 2.05) is 43.3 Å². The normalized spacial score (nSPS) is 10.2. The van der Waals surface area contributed by atoms with Gasteiger partial charge in [0.1, 0.15) is 0 Å². The molecule has 0 bridgehead atoms. The molecule has 0 heterocycles. The second-order valence-electron chi connectivity index (χ2n) is 5.66. The van der Waals surface area contributed by atoms with Crippen LogP contribution < -0.4 is 10.6 Å². The van der Waals surface area contributed by atoms with E-state index < -0.39 is 5.91 Å². The van der Waals surface area contributed by atoms with Gasteiger partial charge in [-0.25, -0.2) is 0 Å². The summed E-state index contributed by atoms with van der Waals surface area (Å²) in [6.45, 7) is 0.518. The third-order valence-electron chi connectivity index (χ3n) is 3.64. The van der Waals surface area contributed by atoms with Gasteiger partial charge in [0.25, 0.3) is 5.91 Å². The molecule has 0 aliphatic heterocycles. The van der Waals surface area contributed by atoms with Crippen LogP contribution in [0.2, 0.25) is 0 Å². The SMILES string of the molecule is CN(Cc1ccc(N(C)C)cc1)C(=O)c1ccc(C(N)=O)cc1. The Bertz CT molecular complexity index is 691. The van der Waals surface area contributed by atoms with Gasteiger partial charge in [-0.05, 0) is 42.0 Å². The van der Waals surface area contributed by atoms with Crippen molar-refractivity contribution in [1.29, 1.82) is 0 Å². The number of carbonyl (C=O) groups is 2. The van der Waals surface area contributed by atoms with Gasteiger partial charge in [0.05, 0.1) is 0 Å². The fourth-order valence-corrected chi connectivity index (χ4v) is 2.24. The fourth-order valence-electron chi connectivity index (χ4n) is 2.24. The van der Waals surface area contributed by atoms with E-state index in [0.717, 1.165) is 11.3 Å². The summed E-state index contributed by atoms with van der Waals surface area (Å²) in [6.07, 6.45) is 0. The second-order valence-corrected chi connectivity index (χ2v) is 5.66. The van der Waals surface area contributed by atoms with Crippen molar-refractivity contribution in [3.8, 4) is 0 Å². The number of benzene rings is 2. The molecule has 2 rings (SSSR count). The summed E-state index contributed by atoms with van der Waals surface area (Å²) in [4.78, 5) is 27.1. The Morgan fingerprint density at radius 2 is 1.39 bits per heavy atom. The number of anilines is 1. The standard InChI is InChI=1S/C18H21N3O2/c1-20(2)16-10-4-13(5-11-16)12-21(3)18(23)15-8-6-14(7-9-15)17(19)22/h4-11H,12H2,1-3H3,(H2,19,22). The Hall–Kier alpha value is -2.82. The lowest BCUT2D eigenvalue weighted by Crippen LogP contribution is -2.26. The number of nitrogens with zero attached hydrogens (tertiary/aromatic N) is 2. The molecule has 2 amide bonds. The van der Waals surface area contributed by atoms with E-state index in [4.69, 9.17) is 5.73 Å². The molecule has 0 atom stereocenters. The van der Waals surface area contributed by atoms with Gasteiger partial charge in [0, 0.05) is 44.5 Å².